The molecule has 0 N–H and O–H groups in total. The van der Waals surface area contributed by atoms with Crippen LogP contribution < -0.4 is 4.90 Å². The lowest BCUT2D eigenvalue weighted by Gasteiger charge is -2.28. The van der Waals surface area contributed by atoms with E-state index < -0.39 is 0 Å². The fraction of sp³-hybridized carbons (Fsp3) is 0. The molecular weight excluding hydrogens is 679 g/mol. The van der Waals surface area contributed by atoms with Crippen LogP contribution in [0.1, 0.15) is 0 Å². The van der Waals surface area contributed by atoms with E-state index in [2.05, 4.69) is 211 Å². The van der Waals surface area contributed by atoms with Crippen LogP contribution in [0, 0.1) is 0 Å². The van der Waals surface area contributed by atoms with E-state index in [4.69, 9.17) is 4.42 Å². The van der Waals surface area contributed by atoms with Crippen molar-refractivity contribution in [2.45, 2.75) is 0 Å². The predicted molar refractivity (Wildman–Crippen MR) is 237 cm³/mol. The average Bonchev–Trinajstić information content (AvgIpc) is 3.66. The number of para-hydroxylation sites is 1. The summed E-state index contributed by atoms with van der Waals surface area (Å²) in [6, 6.07) is 76.5. The number of rotatable bonds is 6. The van der Waals surface area contributed by atoms with Crippen LogP contribution in [0.4, 0.5) is 17.1 Å². The largest absolute Gasteiger partial charge is 0.455 e. The minimum atomic E-state index is 0.893. The number of benzene rings is 10. The van der Waals surface area contributed by atoms with Crippen LogP contribution in [-0.2, 0) is 0 Å². The Bertz CT molecular complexity index is 3230. The molecule has 0 radical (unpaired) electrons. The molecule has 0 aliphatic rings. The number of hydrogen-bond acceptors (Lipinski definition) is 2. The zero-order valence-corrected chi connectivity index (χ0v) is 30.6. The highest BCUT2D eigenvalue weighted by Crippen LogP contribution is 2.46. The monoisotopic (exact) mass is 713 g/mol. The zero-order chi connectivity index (χ0) is 37.0. The molecule has 56 heavy (non-hydrogen) atoms. The smallest absolute Gasteiger partial charge is 0.143 e. The third-order valence-electron chi connectivity index (χ3n) is 11.2. The van der Waals surface area contributed by atoms with Gasteiger partial charge in [0.1, 0.15) is 11.2 Å². The molecule has 0 aliphatic heterocycles. The molecule has 0 bridgehead atoms. The predicted octanol–water partition coefficient (Wildman–Crippen LogP) is 15.5. The standard InChI is InChI=1S/C54H35NO/c1-2-13-36(14-3-1)37-25-27-38(28-26-37)39-29-31-42(32-30-39)55(52-35-51-48-22-10-11-24-53(48)56-54(51)49-23-9-8-21-47(49)52)43-17-12-16-40(33-43)50-34-41-15-4-5-18-44(41)45-19-6-7-20-46(45)50/h1-35H. The summed E-state index contributed by atoms with van der Waals surface area (Å²) in [5.41, 5.74) is 12.2. The first-order chi connectivity index (χ1) is 27.8. The van der Waals surface area contributed by atoms with Gasteiger partial charge in [0.15, 0.2) is 0 Å². The summed E-state index contributed by atoms with van der Waals surface area (Å²) in [5.74, 6) is 0. The van der Waals surface area contributed by atoms with Gasteiger partial charge in [0.05, 0.1) is 5.69 Å². The van der Waals surface area contributed by atoms with Crippen molar-refractivity contribution in [2.75, 3.05) is 4.90 Å². The van der Waals surface area contributed by atoms with E-state index in [1.165, 1.54) is 54.9 Å². The summed E-state index contributed by atoms with van der Waals surface area (Å²) in [4.78, 5) is 2.42. The topological polar surface area (TPSA) is 16.4 Å². The number of hydrogen-bond donors (Lipinski definition) is 0. The first-order valence-corrected chi connectivity index (χ1v) is 19.2. The molecule has 11 rings (SSSR count). The van der Waals surface area contributed by atoms with Crippen molar-refractivity contribution in [3.8, 4) is 33.4 Å². The molecule has 262 valence electrons. The lowest BCUT2D eigenvalue weighted by atomic mass is 9.93. The van der Waals surface area contributed by atoms with E-state index in [-0.39, 0.29) is 0 Å². The van der Waals surface area contributed by atoms with E-state index in [1.54, 1.807) is 0 Å². The number of nitrogens with zero attached hydrogens (tertiary/aromatic N) is 1. The third kappa shape index (κ3) is 5.34. The van der Waals surface area contributed by atoms with Gasteiger partial charge in [-0.05, 0) is 97.4 Å². The van der Waals surface area contributed by atoms with E-state index in [9.17, 15) is 0 Å². The molecule has 0 saturated carbocycles. The van der Waals surface area contributed by atoms with Gasteiger partial charge in [0.2, 0.25) is 0 Å². The first-order valence-electron chi connectivity index (χ1n) is 19.2. The molecule has 11 aromatic rings. The summed E-state index contributed by atoms with van der Waals surface area (Å²) in [5, 5.41) is 9.44. The SMILES string of the molecule is c1ccc(-c2ccc(-c3ccc(N(c4cccc(-c5cc6ccccc6c6ccccc56)c4)c4cc5c6ccccc6oc5c5ccccc45)cc3)cc2)cc1. The van der Waals surface area contributed by atoms with Crippen molar-refractivity contribution in [1.82, 2.24) is 0 Å². The highest BCUT2D eigenvalue weighted by molar-refractivity contribution is 6.20. The van der Waals surface area contributed by atoms with Crippen molar-refractivity contribution in [3.05, 3.63) is 212 Å². The van der Waals surface area contributed by atoms with Gasteiger partial charge in [-0.1, -0.05) is 170 Å². The van der Waals surface area contributed by atoms with Gasteiger partial charge in [0, 0.05) is 32.9 Å². The lowest BCUT2D eigenvalue weighted by Crippen LogP contribution is -2.10. The number of furan rings is 1. The number of fused-ring (bicyclic) bond motifs is 8. The van der Waals surface area contributed by atoms with Crippen LogP contribution in [0.2, 0.25) is 0 Å². The van der Waals surface area contributed by atoms with Gasteiger partial charge in [0.25, 0.3) is 0 Å². The van der Waals surface area contributed by atoms with Crippen molar-refractivity contribution in [2.24, 2.45) is 0 Å². The van der Waals surface area contributed by atoms with Crippen LogP contribution in [0.3, 0.4) is 0 Å². The second-order valence-corrected chi connectivity index (χ2v) is 14.5. The fourth-order valence-corrected chi connectivity index (χ4v) is 8.53. The van der Waals surface area contributed by atoms with Gasteiger partial charge in [-0.3, -0.25) is 0 Å². The third-order valence-corrected chi connectivity index (χ3v) is 11.2. The summed E-state index contributed by atoms with van der Waals surface area (Å²) >= 11 is 0. The van der Waals surface area contributed by atoms with E-state index in [1.807, 2.05) is 6.07 Å². The van der Waals surface area contributed by atoms with Gasteiger partial charge in [-0.15, -0.1) is 0 Å². The minimum Gasteiger partial charge on any atom is -0.455 e. The van der Waals surface area contributed by atoms with Crippen LogP contribution in [0.15, 0.2) is 217 Å². The van der Waals surface area contributed by atoms with Gasteiger partial charge in [-0.25, -0.2) is 0 Å². The Morgan fingerprint density at radius 1 is 0.304 bits per heavy atom. The molecule has 10 aromatic carbocycles. The molecule has 0 atom stereocenters. The van der Waals surface area contributed by atoms with E-state index in [0.717, 1.165) is 49.8 Å². The molecule has 1 heterocycles. The molecule has 0 fully saturated rings. The summed E-state index contributed by atoms with van der Waals surface area (Å²) in [6.45, 7) is 0. The molecule has 1 aromatic heterocycles. The summed E-state index contributed by atoms with van der Waals surface area (Å²) in [6.07, 6.45) is 0. The zero-order valence-electron chi connectivity index (χ0n) is 30.6. The van der Waals surface area contributed by atoms with Crippen LogP contribution in [0.25, 0.3) is 87.6 Å². The Balaban J connectivity index is 1.10. The highest BCUT2D eigenvalue weighted by atomic mass is 16.3. The van der Waals surface area contributed by atoms with Crippen molar-refractivity contribution in [3.63, 3.8) is 0 Å². The van der Waals surface area contributed by atoms with Gasteiger partial charge in [-0.2, -0.15) is 0 Å². The molecule has 2 heteroatoms. The Hall–Kier alpha value is -7.42. The van der Waals surface area contributed by atoms with Crippen molar-refractivity contribution >= 4 is 71.3 Å². The average molecular weight is 714 g/mol. The quantitative estimate of drug-likeness (QED) is 0.160. The Kier molecular flexibility index (Phi) is 7.53. The van der Waals surface area contributed by atoms with Gasteiger partial charge < -0.3 is 9.32 Å². The lowest BCUT2D eigenvalue weighted by molar-refractivity contribution is 0.672. The molecule has 0 amide bonds. The molecular formula is C54H35NO. The normalized spacial score (nSPS) is 11.6. The van der Waals surface area contributed by atoms with Crippen molar-refractivity contribution in [1.29, 1.82) is 0 Å². The molecule has 0 unspecified atom stereocenters. The molecule has 2 nitrogen and oxygen atoms in total. The second-order valence-electron chi connectivity index (χ2n) is 14.5. The first kappa shape index (κ1) is 32.0. The molecule has 0 spiro atoms. The molecule has 0 aliphatic carbocycles. The Morgan fingerprint density at radius 3 is 1.61 bits per heavy atom. The molecule has 0 saturated heterocycles. The van der Waals surface area contributed by atoms with Crippen LogP contribution >= 0.6 is 0 Å². The summed E-state index contributed by atoms with van der Waals surface area (Å²) in [7, 11) is 0. The van der Waals surface area contributed by atoms with Crippen LogP contribution in [0.5, 0.6) is 0 Å². The van der Waals surface area contributed by atoms with Crippen molar-refractivity contribution < 1.29 is 4.42 Å². The minimum absolute atomic E-state index is 0.893. The highest BCUT2D eigenvalue weighted by Gasteiger charge is 2.21. The maximum atomic E-state index is 6.55. The van der Waals surface area contributed by atoms with E-state index >= 15 is 0 Å². The summed E-state index contributed by atoms with van der Waals surface area (Å²) < 4.78 is 6.55. The fourth-order valence-electron chi connectivity index (χ4n) is 8.53. The Morgan fingerprint density at radius 2 is 0.857 bits per heavy atom. The van der Waals surface area contributed by atoms with Gasteiger partial charge >= 0.3 is 0 Å². The Labute approximate surface area is 325 Å². The maximum Gasteiger partial charge on any atom is 0.143 e. The second kappa shape index (κ2) is 13.2. The number of anilines is 3. The van der Waals surface area contributed by atoms with E-state index in [0.29, 0.717) is 0 Å². The maximum absolute atomic E-state index is 6.55. The van der Waals surface area contributed by atoms with Crippen LogP contribution in [-0.4, -0.2) is 0 Å².